The van der Waals surface area contributed by atoms with Crippen LogP contribution in [0.5, 0.6) is 5.75 Å². The standard InChI is InChI=1S/C19H21INO2P/c1-11-14(7-6-10-23-16-9-5-4-8-15(16)20)12(2)21-18(11)17(13(3)24)19(21)22/h4-5,8-9,11,13,17-18H,10,24H2,1-3H3. The summed E-state index contributed by atoms with van der Waals surface area (Å²) < 4.78 is 6.81. The highest BCUT2D eigenvalue weighted by molar-refractivity contribution is 14.1. The molecule has 24 heavy (non-hydrogen) atoms. The molecule has 3 rings (SSSR count). The number of rotatable bonds is 3. The Balaban J connectivity index is 1.69. The minimum atomic E-state index is 0.0985. The van der Waals surface area contributed by atoms with Gasteiger partial charge in [0.2, 0.25) is 5.91 Å². The van der Waals surface area contributed by atoms with E-state index in [9.17, 15) is 4.79 Å². The molecular weight excluding hydrogens is 432 g/mol. The number of benzene rings is 1. The summed E-state index contributed by atoms with van der Waals surface area (Å²) in [4.78, 5) is 14.3. The lowest BCUT2D eigenvalue weighted by molar-refractivity contribution is -0.152. The molecule has 2 aliphatic rings. The summed E-state index contributed by atoms with van der Waals surface area (Å²) in [5.74, 6) is 7.85. The second-order valence-electron chi connectivity index (χ2n) is 6.39. The number of carbonyl (C=O) groups is 1. The van der Waals surface area contributed by atoms with Crippen molar-refractivity contribution in [3.8, 4) is 17.6 Å². The Morgan fingerprint density at radius 1 is 1.42 bits per heavy atom. The third-order valence-electron chi connectivity index (χ3n) is 4.83. The molecule has 1 aromatic carbocycles. The van der Waals surface area contributed by atoms with E-state index in [1.54, 1.807) is 0 Å². The summed E-state index contributed by atoms with van der Waals surface area (Å²) in [6.45, 7) is 6.62. The van der Waals surface area contributed by atoms with Crippen LogP contribution in [-0.2, 0) is 4.79 Å². The lowest BCUT2D eigenvalue weighted by Gasteiger charge is -2.47. The summed E-state index contributed by atoms with van der Waals surface area (Å²) in [5, 5.41) is 0. The van der Waals surface area contributed by atoms with Gasteiger partial charge in [0.15, 0.2) is 0 Å². The Kier molecular flexibility index (Phi) is 5.22. The van der Waals surface area contributed by atoms with Crippen LogP contribution >= 0.6 is 31.8 Å². The number of fused-ring (bicyclic) bond motifs is 1. The van der Waals surface area contributed by atoms with Gasteiger partial charge in [0, 0.05) is 17.2 Å². The maximum Gasteiger partial charge on any atom is 0.232 e. The van der Waals surface area contributed by atoms with Crippen LogP contribution in [0.4, 0.5) is 0 Å². The van der Waals surface area contributed by atoms with Crippen molar-refractivity contribution in [2.24, 2.45) is 11.8 Å². The first-order valence-electron chi connectivity index (χ1n) is 8.09. The predicted octanol–water partition coefficient (Wildman–Crippen LogP) is 3.69. The zero-order chi connectivity index (χ0) is 17.4. The van der Waals surface area contributed by atoms with Gasteiger partial charge in [0.1, 0.15) is 12.4 Å². The normalized spacial score (nSPS) is 26.5. The van der Waals surface area contributed by atoms with Gasteiger partial charge in [-0.1, -0.05) is 37.8 Å². The van der Waals surface area contributed by atoms with E-state index in [1.165, 1.54) is 0 Å². The highest BCUT2D eigenvalue weighted by Crippen LogP contribution is 2.47. The number of carbonyl (C=O) groups excluding carboxylic acids is 1. The number of halogens is 1. The van der Waals surface area contributed by atoms with Gasteiger partial charge in [0.25, 0.3) is 0 Å². The molecule has 2 heterocycles. The molecule has 0 spiro atoms. The fraction of sp³-hybridized carbons (Fsp3) is 0.421. The van der Waals surface area contributed by atoms with Crippen LogP contribution in [0, 0.1) is 27.2 Å². The molecule has 1 saturated heterocycles. The number of amides is 1. The van der Waals surface area contributed by atoms with E-state index in [0.29, 0.717) is 18.2 Å². The molecule has 126 valence electrons. The molecule has 0 aliphatic carbocycles. The van der Waals surface area contributed by atoms with Gasteiger partial charge >= 0.3 is 0 Å². The molecule has 1 fully saturated rings. The van der Waals surface area contributed by atoms with Crippen molar-refractivity contribution >= 4 is 37.7 Å². The lowest BCUT2D eigenvalue weighted by atomic mass is 9.79. The highest BCUT2D eigenvalue weighted by Gasteiger charge is 2.56. The van der Waals surface area contributed by atoms with E-state index in [0.717, 1.165) is 20.6 Å². The van der Waals surface area contributed by atoms with Crippen LogP contribution < -0.4 is 4.74 Å². The lowest BCUT2D eigenvalue weighted by Crippen LogP contribution is -2.61. The third kappa shape index (κ3) is 2.97. The average molecular weight is 453 g/mol. The molecule has 0 radical (unpaired) electrons. The number of ether oxygens (including phenoxy) is 1. The first-order chi connectivity index (χ1) is 11.4. The Morgan fingerprint density at radius 3 is 2.79 bits per heavy atom. The van der Waals surface area contributed by atoms with E-state index >= 15 is 0 Å². The van der Waals surface area contributed by atoms with Crippen molar-refractivity contribution < 1.29 is 9.53 Å². The molecule has 5 atom stereocenters. The van der Waals surface area contributed by atoms with Gasteiger partial charge < -0.3 is 9.64 Å². The second kappa shape index (κ2) is 7.06. The third-order valence-corrected chi connectivity index (χ3v) is 6.14. The van der Waals surface area contributed by atoms with Crippen LogP contribution in [0.25, 0.3) is 0 Å². The van der Waals surface area contributed by atoms with Crippen molar-refractivity contribution in [3.05, 3.63) is 39.1 Å². The minimum Gasteiger partial charge on any atom is -0.480 e. The quantitative estimate of drug-likeness (QED) is 0.303. The number of para-hydroxylation sites is 1. The maximum absolute atomic E-state index is 12.3. The molecule has 5 heteroatoms. The molecule has 1 aromatic rings. The van der Waals surface area contributed by atoms with Crippen LogP contribution in [0.2, 0.25) is 0 Å². The fourth-order valence-corrected chi connectivity index (χ4v) is 4.57. The number of hydrogen-bond acceptors (Lipinski definition) is 2. The van der Waals surface area contributed by atoms with Crippen molar-refractivity contribution in [3.63, 3.8) is 0 Å². The van der Waals surface area contributed by atoms with E-state index in [1.807, 2.05) is 36.1 Å². The molecule has 1 amide bonds. The molecule has 2 aliphatic heterocycles. The Labute approximate surface area is 159 Å². The van der Waals surface area contributed by atoms with Gasteiger partial charge in [-0.15, -0.1) is 9.24 Å². The van der Waals surface area contributed by atoms with Gasteiger partial charge in [0.05, 0.1) is 15.5 Å². The fourth-order valence-electron chi connectivity index (χ4n) is 3.63. The average Bonchev–Trinajstić information content (AvgIpc) is 2.72. The largest absolute Gasteiger partial charge is 0.480 e. The topological polar surface area (TPSA) is 29.5 Å². The zero-order valence-electron chi connectivity index (χ0n) is 14.0. The van der Waals surface area contributed by atoms with Gasteiger partial charge in [-0.05, 0) is 47.3 Å². The highest BCUT2D eigenvalue weighted by atomic mass is 127. The summed E-state index contributed by atoms with van der Waals surface area (Å²) in [6, 6.07) is 8.17. The number of allylic oxidation sites excluding steroid dienone is 1. The molecule has 0 bridgehead atoms. The number of hydrogen-bond donors (Lipinski definition) is 0. The molecular formula is C19H21INO2P. The maximum atomic E-state index is 12.3. The molecule has 5 unspecified atom stereocenters. The van der Waals surface area contributed by atoms with E-state index < -0.39 is 0 Å². The number of nitrogens with zero attached hydrogens (tertiary/aromatic N) is 1. The second-order valence-corrected chi connectivity index (χ2v) is 8.61. The van der Waals surface area contributed by atoms with Gasteiger partial charge in [-0.3, -0.25) is 4.79 Å². The van der Waals surface area contributed by atoms with Crippen LogP contribution in [0.3, 0.4) is 0 Å². The SMILES string of the molecule is CC1=C(C#CCOc2ccccc2I)C(C)C2C(C(C)P)C(=O)N12. The minimum absolute atomic E-state index is 0.0985. The molecule has 3 nitrogen and oxygen atoms in total. The van der Waals surface area contributed by atoms with Crippen molar-refractivity contribution in [1.29, 1.82) is 0 Å². The summed E-state index contributed by atoms with van der Waals surface area (Å²) in [5.41, 5.74) is 2.39. The number of β-lactam (4-membered cyclic amide) rings is 1. The molecule has 0 aromatic heterocycles. The van der Waals surface area contributed by atoms with Gasteiger partial charge in [-0.2, -0.15) is 0 Å². The van der Waals surface area contributed by atoms with Crippen LogP contribution in [0.15, 0.2) is 35.5 Å². The zero-order valence-corrected chi connectivity index (χ0v) is 17.4. The summed E-state index contributed by atoms with van der Waals surface area (Å²) in [6.07, 6.45) is 0. The molecule has 0 saturated carbocycles. The molecule has 0 N–H and O–H groups in total. The Bertz CT molecular complexity index is 762. The van der Waals surface area contributed by atoms with E-state index in [2.05, 4.69) is 57.5 Å². The van der Waals surface area contributed by atoms with E-state index in [4.69, 9.17) is 4.74 Å². The Morgan fingerprint density at radius 2 is 2.12 bits per heavy atom. The first kappa shape index (κ1) is 17.8. The summed E-state index contributed by atoms with van der Waals surface area (Å²) >= 11 is 2.25. The smallest absolute Gasteiger partial charge is 0.232 e. The predicted molar refractivity (Wildman–Crippen MR) is 108 cm³/mol. The Hall–Kier alpha value is -1.05. The van der Waals surface area contributed by atoms with Crippen molar-refractivity contribution in [2.75, 3.05) is 6.61 Å². The van der Waals surface area contributed by atoms with Crippen molar-refractivity contribution in [1.82, 2.24) is 4.90 Å². The van der Waals surface area contributed by atoms with E-state index in [-0.39, 0.29) is 17.9 Å². The monoisotopic (exact) mass is 453 g/mol. The summed E-state index contributed by atoms with van der Waals surface area (Å²) in [7, 11) is 2.77. The van der Waals surface area contributed by atoms with Crippen molar-refractivity contribution in [2.45, 2.75) is 32.5 Å². The van der Waals surface area contributed by atoms with Crippen LogP contribution in [-0.4, -0.2) is 29.1 Å². The first-order valence-corrected chi connectivity index (χ1v) is 9.83. The van der Waals surface area contributed by atoms with Crippen LogP contribution in [0.1, 0.15) is 20.8 Å². The van der Waals surface area contributed by atoms with Gasteiger partial charge in [-0.25, -0.2) is 0 Å².